The highest BCUT2D eigenvalue weighted by atomic mass is 16.3. The number of amides is 1. The van der Waals surface area contributed by atoms with Gasteiger partial charge in [-0.25, -0.2) is 15.0 Å². The second kappa shape index (κ2) is 8.85. The Bertz CT molecular complexity index is 1060. The molecule has 3 heterocycles. The Balaban J connectivity index is 1.50. The van der Waals surface area contributed by atoms with Crippen LogP contribution in [0.5, 0.6) is 0 Å². The van der Waals surface area contributed by atoms with Gasteiger partial charge in [0.1, 0.15) is 5.82 Å². The molecule has 2 aromatic heterocycles. The van der Waals surface area contributed by atoms with Crippen LogP contribution in [-0.2, 0) is 0 Å². The number of nitrogens with one attached hydrogen (secondary N) is 1. The summed E-state index contributed by atoms with van der Waals surface area (Å²) in [6.07, 6.45) is 5.34. The molecule has 1 amide bonds. The Morgan fingerprint density at radius 2 is 2.00 bits per heavy atom. The first-order valence-electron chi connectivity index (χ1n) is 10.6. The van der Waals surface area contributed by atoms with E-state index in [2.05, 4.69) is 38.7 Å². The van der Waals surface area contributed by atoms with Crippen LogP contribution in [0.2, 0.25) is 0 Å². The van der Waals surface area contributed by atoms with E-state index in [0.29, 0.717) is 18.1 Å². The highest BCUT2D eigenvalue weighted by Gasteiger charge is 2.28. The van der Waals surface area contributed by atoms with Crippen LogP contribution in [0.15, 0.2) is 42.7 Å². The third kappa shape index (κ3) is 4.29. The maximum Gasteiger partial charge on any atom is 0.254 e. The largest absolute Gasteiger partial charge is 0.394 e. The molecule has 3 aromatic rings. The first-order chi connectivity index (χ1) is 15.0. The third-order valence-electron chi connectivity index (χ3n) is 5.65. The summed E-state index contributed by atoms with van der Waals surface area (Å²) in [6.45, 7) is 6.92. The molecule has 2 N–H and O–H groups in total. The van der Waals surface area contributed by atoms with Crippen molar-refractivity contribution in [2.24, 2.45) is 0 Å². The van der Waals surface area contributed by atoms with Gasteiger partial charge in [0.2, 0.25) is 5.95 Å². The number of benzene rings is 1. The van der Waals surface area contributed by atoms with Crippen LogP contribution < -0.4 is 5.32 Å². The molecule has 0 saturated carbocycles. The molecule has 1 saturated heterocycles. The van der Waals surface area contributed by atoms with Gasteiger partial charge in [0.25, 0.3) is 5.91 Å². The number of carbonyl (C=O) groups excluding carboxylic acids is 1. The molecule has 0 spiro atoms. The number of hydrogen-bond donors (Lipinski definition) is 2. The number of aliphatic hydroxyl groups excluding tert-OH is 1. The quantitative estimate of drug-likeness (QED) is 0.633. The van der Waals surface area contributed by atoms with E-state index in [1.807, 2.05) is 31.3 Å². The number of anilines is 2. The molecule has 0 aliphatic carbocycles. The molecule has 8 nitrogen and oxygen atoms in total. The van der Waals surface area contributed by atoms with E-state index in [1.165, 1.54) is 0 Å². The molecule has 31 heavy (non-hydrogen) atoms. The highest BCUT2D eigenvalue weighted by molar-refractivity contribution is 5.95. The van der Waals surface area contributed by atoms with Gasteiger partial charge in [0.15, 0.2) is 0 Å². The minimum Gasteiger partial charge on any atom is -0.394 e. The van der Waals surface area contributed by atoms with Crippen molar-refractivity contribution < 1.29 is 9.90 Å². The van der Waals surface area contributed by atoms with E-state index in [4.69, 9.17) is 0 Å². The molecular formula is C23H28N6O2. The Morgan fingerprint density at radius 1 is 1.23 bits per heavy atom. The number of carbonyl (C=O) groups is 1. The molecule has 1 fully saturated rings. The van der Waals surface area contributed by atoms with Gasteiger partial charge in [-0.2, -0.15) is 0 Å². The van der Waals surface area contributed by atoms with Crippen LogP contribution in [-0.4, -0.2) is 54.6 Å². The minimum absolute atomic E-state index is 0.00823. The summed E-state index contributed by atoms with van der Waals surface area (Å²) in [7, 11) is 0. The van der Waals surface area contributed by atoms with Gasteiger partial charge in [-0.05, 0) is 63.9 Å². The van der Waals surface area contributed by atoms with E-state index in [-0.39, 0.29) is 24.6 Å². The fourth-order valence-corrected chi connectivity index (χ4v) is 4.14. The van der Waals surface area contributed by atoms with Crippen LogP contribution in [0.3, 0.4) is 0 Å². The van der Waals surface area contributed by atoms with E-state index in [9.17, 15) is 9.90 Å². The predicted molar refractivity (Wildman–Crippen MR) is 119 cm³/mol. The van der Waals surface area contributed by atoms with Crippen molar-refractivity contribution >= 4 is 17.5 Å². The van der Waals surface area contributed by atoms with Gasteiger partial charge in [0, 0.05) is 30.0 Å². The summed E-state index contributed by atoms with van der Waals surface area (Å²) in [5, 5.41) is 12.7. The fourth-order valence-electron chi connectivity index (χ4n) is 4.14. The third-order valence-corrected chi connectivity index (χ3v) is 5.65. The molecule has 4 rings (SSSR count). The van der Waals surface area contributed by atoms with Crippen LogP contribution in [0.1, 0.15) is 48.9 Å². The van der Waals surface area contributed by atoms with E-state index >= 15 is 0 Å². The maximum atomic E-state index is 12.7. The normalized spacial score (nSPS) is 16.2. The zero-order valence-corrected chi connectivity index (χ0v) is 18.1. The lowest BCUT2D eigenvalue weighted by Crippen LogP contribution is -2.37. The fraction of sp³-hybridized carbons (Fsp3) is 0.391. The molecule has 0 radical (unpaired) electrons. The summed E-state index contributed by atoms with van der Waals surface area (Å²) >= 11 is 0. The zero-order valence-electron chi connectivity index (χ0n) is 18.1. The Labute approximate surface area is 182 Å². The molecule has 1 atom stereocenters. The first kappa shape index (κ1) is 21.0. The summed E-state index contributed by atoms with van der Waals surface area (Å²) < 4.78 is 2.14. The lowest BCUT2D eigenvalue weighted by Gasteiger charge is -2.23. The molecule has 162 valence electrons. The molecule has 0 bridgehead atoms. The van der Waals surface area contributed by atoms with Crippen LogP contribution in [0.25, 0.3) is 11.4 Å². The zero-order chi connectivity index (χ0) is 22.0. The standard InChI is InChI=1S/C23H28N6O2/c1-15(2)29-16(3)25-13-21(29)20-10-11-24-23(27-20)26-18-8-6-17(7-9-18)22(31)28-12-4-5-19(28)14-30/h6-11,13,15,19,30H,4-5,12,14H2,1-3H3,(H,24,26,27)/t19-/m1/s1. The van der Waals surface area contributed by atoms with Crippen LogP contribution in [0.4, 0.5) is 11.6 Å². The topological polar surface area (TPSA) is 96.2 Å². The Morgan fingerprint density at radius 3 is 2.71 bits per heavy atom. The summed E-state index contributed by atoms with van der Waals surface area (Å²) in [6, 6.07) is 9.33. The van der Waals surface area contributed by atoms with Crippen molar-refractivity contribution in [3.8, 4) is 11.4 Å². The van der Waals surface area contributed by atoms with E-state index in [0.717, 1.165) is 35.7 Å². The monoisotopic (exact) mass is 420 g/mol. The highest BCUT2D eigenvalue weighted by Crippen LogP contribution is 2.25. The summed E-state index contributed by atoms with van der Waals surface area (Å²) in [5.41, 5.74) is 3.14. The SMILES string of the molecule is Cc1ncc(-c2ccnc(Nc3ccc(C(=O)N4CCC[C@@H]4CO)cc3)n2)n1C(C)C. The number of aryl methyl sites for hydroxylation is 1. The van der Waals surface area contributed by atoms with Crippen molar-refractivity contribution in [3.05, 3.63) is 54.1 Å². The second-order valence-corrected chi connectivity index (χ2v) is 8.10. The average Bonchev–Trinajstić information content (AvgIpc) is 3.40. The van der Waals surface area contributed by atoms with Crippen molar-refractivity contribution in [3.63, 3.8) is 0 Å². The number of rotatable bonds is 6. The number of hydrogen-bond acceptors (Lipinski definition) is 6. The van der Waals surface area contributed by atoms with Gasteiger partial charge in [-0.3, -0.25) is 4.79 Å². The summed E-state index contributed by atoms with van der Waals surface area (Å²) in [4.78, 5) is 27.9. The van der Waals surface area contributed by atoms with Crippen LogP contribution in [0, 0.1) is 6.92 Å². The molecule has 8 heteroatoms. The number of nitrogens with zero attached hydrogens (tertiary/aromatic N) is 5. The lowest BCUT2D eigenvalue weighted by atomic mass is 10.1. The van der Waals surface area contributed by atoms with Gasteiger partial charge in [0.05, 0.1) is 30.2 Å². The number of likely N-dealkylation sites (tertiary alicyclic amines) is 1. The van der Waals surface area contributed by atoms with Crippen LogP contribution >= 0.6 is 0 Å². The molecule has 1 aromatic carbocycles. The minimum atomic E-state index is -0.0793. The van der Waals surface area contributed by atoms with Gasteiger partial charge >= 0.3 is 0 Å². The van der Waals surface area contributed by atoms with Gasteiger partial charge < -0.3 is 19.9 Å². The second-order valence-electron chi connectivity index (χ2n) is 8.10. The van der Waals surface area contributed by atoms with Crippen molar-refractivity contribution in [1.29, 1.82) is 0 Å². The number of aliphatic hydroxyl groups is 1. The van der Waals surface area contributed by atoms with Gasteiger partial charge in [-0.1, -0.05) is 0 Å². The number of imidazole rings is 1. The number of aromatic nitrogens is 4. The average molecular weight is 421 g/mol. The van der Waals surface area contributed by atoms with Crippen molar-refractivity contribution in [2.75, 3.05) is 18.5 Å². The van der Waals surface area contributed by atoms with Gasteiger partial charge in [-0.15, -0.1) is 0 Å². The van der Waals surface area contributed by atoms with E-state index < -0.39 is 0 Å². The Hall–Kier alpha value is -3.26. The molecule has 1 aliphatic rings. The Kier molecular flexibility index (Phi) is 5.99. The maximum absolute atomic E-state index is 12.7. The van der Waals surface area contributed by atoms with Crippen molar-refractivity contribution in [2.45, 2.75) is 45.7 Å². The predicted octanol–water partition coefficient (Wildman–Crippen LogP) is 3.57. The molecule has 1 aliphatic heterocycles. The summed E-state index contributed by atoms with van der Waals surface area (Å²) in [5.74, 6) is 1.38. The smallest absolute Gasteiger partial charge is 0.254 e. The lowest BCUT2D eigenvalue weighted by molar-refractivity contribution is 0.0677. The first-order valence-corrected chi connectivity index (χ1v) is 10.6. The molecule has 0 unspecified atom stereocenters. The molecular weight excluding hydrogens is 392 g/mol. The van der Waals surface area contributed by atoms with Crippen molar-refractivity contribution in [1.82, 2.24) is 24.4 Å². The van der Waals surface area contributed by atoms with E-state index in [1.54, 1.807) is 23.2 Å².